The van der Waals surface area contributed by atoms with Gasteiger partial charge < -0.3 is 25.0 Å². The molecule has 2 aromatic carbocycles. The standard InChI is InChI=1S/C23H27N3O3/c1-2-29-21-9-10-22-16(13-21)12-17(23(28)25-22)14-24-18-5-7-19(8-6-18)26-11-3-4-20(27)15-26/h5-10,12-13,20,24,27H,2-4,11,14-15H2,1H3,(H,25,28). The fraction of sp³-hybridized carbons (Fsp3) is 0.348. The molecule has 4 rings (SSSR count). The zero-order chi connectivity index (χ0) is 20.2. The predicted octanol–water partition coefficient (Wildman–Crippen LogP) is 3.50. The van der Waals surface area contributed by atoms with Crippen molar-refractivity contribution in [3.63, 3.8) is 0 Å². The molecule has 1 fully saturated rings. The molecule has 0 aliphatic carbocycles. The first-order valence-electron chi connectivity index (χ1n) is 10.2. The third kappa shape index (κ3) is 4.54. The summed E-state index contributed by atoms with van der Waals surface area (Å²) in [7, 11) is 0. The number of nitrogens with one attached hydrogen (secondary N) is 2. The molecule has 2 heterocycles. The molecule has 6 heteroatoms. The van der Waals surface area contributed by atoms with Crippen LogP contribution >= 0.6 is 0 Å². The maximum atomic E-state index is 12.4. The van der Waals surface area contributed by atoms with Gasteiger partial charge in [-0.15, -0.1) is 0 Å². The second-order valence-electron chi connectivity index (χ2n) is 7.45. The fourth-order valence-electron chi connectivity index (χ4n) is 3.79. The largest absolute Gasteiger partial charge is 0.494 e. The van der Waals surface area contributed by atoms with Gasteiger partial charge in [-0.05, 0) is 68.3 Å². The Morgan fingerprint density at radius 2 is 2.03 bits per heavy atom. The van der Waals surface area contributed by atoms with E-state index in [2.05, 4.69) is 27.3 Å². The van der Waals surface area contributed by atoms with E-state index in [1.807, 2.05) is 43.3 Å². The number of hydrogen-bond donors (Lipinski definition) is 3. The van der Waals surface area contributed by atoms with E-state index in [-0.39, 0.29) is 11.7 Å². The van der Waals surface area contributed by atoms with E-state index in [0.717, 1.165) is 47.4 Å². The van der Waals surface area contributed by atoms with Crippen LogP contribution in [0.5, 0.6) is 5.75 Å². The number of aliphatic hydroxyl groups is 1. The highest BCUT2D eigenvalue weighted by molar-refractivity contribution is 5.80. The van der Waals surface area contributed by atoms with Gasteiger partial charge in [0.05, 0.1) is 12.7 Å². The van der Waals surface area contributed by atoms with Crippen molar-refractivity contribution in [2.45, 2.75) is 32.4 Å². The van der Waals surface area contributed by atoms with Crippen LogP contribution in [0.25, 0.3) is 10.9 Å². The van der Waals surface area contributed by atoms with Crippen molar-refractivity contribution in [1.29, 1.82) is 0 Å². The summed E-state index contributed by atoms with van der Waals surface area (Å²) >= 11 is 0. The van der Waals surface area contributed by atoms with Crippen molar-refractivity contribution >= 4 is 22.3 Å². The third-order valence-corrected chi connectivity index (χ3v) is 5.32. The summed E-state index contributed by atoms with van der Waals surface area (Å²) in [6.45, 7) is 4.65. The quantitative estimate of drug-likeness (QED) is 0.598. The molecule has 0 amide bonds. The predicted molar refractivity (Wildman–Crippen MR) is 117 cm³/mol. The van der Waals surface area contributed by atoms with Gasteiger partial charge in [-0.2, -0.15) is 0 Å². The molecule has 0 bridgehead atoms. The Labute approximate surface area is 170 Å². The minimum absolute atomic E-state index is 0.0897. The second-order valence-corrected chi connectivity index (χ2v) is 7.45. The van der Waals surface area contributed by atoms with Crippen LogP contribution in [0.3, 0.4) is 0 Å². The number of β-amino-alcohol motifs (C(OH)–C–C–N with tert-alkyl or cyclic N) is 1. The molecule has 1 aliphatic rings. The number of piperidine rings is 1. The summed E-state index contributed by atoms with van der Waals surface area (Å²) in [6, 6.07) is 15.7. The van der Waals surface area contributed by atoms with Crippen LogP contribution in [0.4, 0.5) is 11.4 Å². The first-order valence-corrected chi connectivity index (χ1v) is 10.2. The fourth-order valence-corrected chi connectivity index (χ4v) is 3.79. The number of fused-ring (bicyclic) bond motifs is 1. The summed E-state index contributed by atoms with van der Waals surface area (Å²) in [5.74, 6) is 0.796. The number of pyridine rings is 1. The Morgan fingerprint density at radius 3 is 2.79 bits per heavy atom. The first-order chi connectivity index (χ1) is 14.1. The molecule has 0 saturated carbocycles. The van der Waals surface area contributed by atoms with Gasteiger partial charge in [-0.3, -0.25) is 4.79 Å². The monoisotopic (exact) mass is 393 g/mol. The molecule has 1 unspecified atom stereocenters. The molecule has 3 N–H and O–H groups in total. The van der Waals surface area contributed by atoms with Gasteiger partial charge in [0.25, 0.3) is 5.56 Å². The van der Waals surface area contributed by atoms with E-state index >= 15 is 0 Å². The van der Waals surface area contributed by atoms with E-state index in [9.17, 15) is 9.90 Å². The lowest BCUT2D eigenvalue weighted by Crippen LogP contribution is -2.38. The van der Waals surface area contributed by atoms with Crippen molar-refractivity contribution in [2.75, 3.05) is 29.9 Å². The number of aromatic nitrogens is 1. The lowest BCUT2D eigenvalue weighted by atomic mass is 10.1. The molecule has 6 nitrogen and oxygen atoms in total. The van der Waals surface area contributed by atoms with E-state index in [4.69, 9.17) is 4.74 Å². The smallest absolute Gasteiger partial charge is 0.253 e. The van der Waals surface area contributed by atoms with E-state index in [0.29, 0.717) is 25.3 Å². The van der Waals surface area contributed by atoms with Gasteiger partial charge in [0.2, 0.25) is 0 Å². The molecule has 0 radical (unpaired) electrons. The third-order valence-electron chi connectivity index (χ3n) is 5.32. The highest BCUT2D eigenvalue weighted by Crippen LogP contribution is 2.23. The molecule has 1 atom stereocenters. The van der Waals surface area contributed by atoms with Gasteiger partial charge in [-0.1, -0.05) is 0 Å². The average molecular weight is 393 g/mol. The van der Waals surface area contributed by atoms with Gasteiger partial charge in [0, 0.05) is 47.5 Å². The number of hydrogen-bond acceptors (Lipinski definition) is 5. The lowest BCUT2D eigenvalue weighted by Gasteiger charge is -2.32. The molecule has 3 aromatic rings. The molecule has 1 saturated heterocycles. The van der Waals surface area contributed by atoms with Crippen LogP contribution in [0.1, 0.15) is 25.3 Å². The number of anilines is 2. The van der Waals surface area contributed by atoms with E-state index < -0.39 is 0 Å². The number of benzene rings is 2. The Morgan fingerprint density at radius 1 is 1.21 bits per heavy atom. The number of rotatable bonds is 6. The normalized spacial score (nSPS) is 16.8. The molecular formula is C23H27N3O3. The minimum atomic E-state index is -0.246. The van der Waals surface area contributed by atoms with Crippen LogP contribution in [-0.4, -0.2) is 35.9 Å². The molecule has 152 valence electrons. The van der Waals surface area contributed by atoms with Crippen LogP contribution in [-0.2, 0) is 6.54 Å². The minimum Gasteiger partial charge on any atom is -0.494 e. The van der Waals surface area contributed by atoms with Crippen LogP contribution in [0, 0.1) is 0 Å². The van der Waals surface area contributed by atoms with Crippen LogP contribution in [0.2, 0.25) is 0 Å². The highest BCUT2D eigenvalue weighted by Gasteiger charge is 2.17. The summed E-state index contributed by atoms with van der Waals surface area (Å²) in [5.41, 5.74) is 3.45. The van der Waals surface area contributed by atoms with Crippen LogP contribution in [0.15, 0.2) is 53.3 Å². The average Bonchev–Trinajstić information content (AvgIpc) is 2.73. The van der Waals surface area contributed by atoms with Crippen molar-refractivity contribution in [3.05, 3.63) is 64.4 Å². The van der Waals surface area contributed by atoms with Crippen molar-refractivity contribution in [1.82, 2.24) is 4.98 Å². The van der Waals surface area contributed by atoms with Crippen molar-refractivity contribution in [2.24, 2.45) is 0 Å². The Hall–Kier alpha value is -2.99. The van der Waals surface area contributed by atoms with Gasteiger partial charge >= 0.3 is 0 Å². The summed E-state index contributed by atoms with van der Waals surface area (Å²) in [4.78, 5) is 17.5. The van der Waals surface area contributed by atoms with Crippen molar-refractivity contribution < 1.29 is 9.84 Å². The number of nitrogens with zero attached hydrogens (tertiary/aromatic N) is 1. The zero-order valence-electron chi connectivity index (χ0n) is 16.6. The van der Waals surface area contributed by atoms with E-state index in [1.54, 1.807) is 0 Å². The molecule has 1 aromatic heterocycles. The zero-order valence-corrected chi connectivity index (χ0v) is 16.6. The molecule has 0 spiro atoms. The first kappa shape index (κ1) is 19.3. The molecule has 1 aliphatic heterocycles. The Balaban J connectivity index is 1.46. The number of H-pyrrole nitrogens is 1. The Kier molecular flexibility index (Phi) is 5.71. The summed E-state index contributed by atoms with van der Waals surface area (Å²) in [5, 5.41) is 14.1. The van der Waals surface area contributed by atoms with Crippen molar-refractivity contribution in [3.8, 4) is 5.75 Å². The number of ether oxygens (including phenoxy) is 1. The van der Waals surface area contributed by atoms with Gasteiger partial charge in [-0.25, -0.2) is 0 Å². The second kappa shape index (κ2) is 8.57. The SMILES string of the molecule is CCOc1ccc2[nH]c(=O)c(CNc3ccc(N4CCCC(O)C4)cc3)cc2c1. The lowest BCUT2D eigenvalue weighted by molar-refractivity contribution is 0.154. The summed E-state index contributed by atoms with van der Waals surface area (Å²) in [6.07, 6.45) is 1.64. The summed E-state index contributed by atoms with van der Waals surface area (Å²) < 4.78 is 5.55. The Bertz CT molecular complexity index is 1030. The van der Waals surface area contributed by atoms with Crippen LogP contribution < -0.4 is 20.5 Å². The maximum absolute atomic E-state index is 12.4. The number of aliphatic hydroxyl groups excluding tert-OH is 1. The molecular weight excluding hydrogens is 366 g/mol. The maximum Gasteiger partial charge on any atom is 0.253 e. The van der Waals surface area contributed by atoms with E-state index in [1.165, 1.54) is 0 Å². The number of aromatic amines is 1. The van der Waals surface area contributed by atoms with Gasteiger partial charge in [0.1, 0.15) is 5.75 Å². The van der Waals surface area contributed by atoms with Gasteiger partial charge in [0.15, 0.2) is 0 Å². The topological polar surface area (TPSA) is 77.6 Å². The highest BCUT2D eigenvalue weighted by atomic mass is 16.5. The molecule has 29 heavy (non-hydrogen) atoms.